The van der Waals surface area contributed by atoms with E-state index in [-0.39, 0.29) is 18.3 Å². The Hall–Kier alpha value is -0.810. The highest BCUT2D eigenvalue weighted by Gasteiger charge is 2.40. The fourth-order valence-electron chi connectivity index (χ4n) is 3.38. The zero-order chi connectivity index (χ0) is 14.9. The van der Waals surface area contributed by atoms with Crippen molar-refractivity contribution in [2.24, 2.45) is 5.41 Å². The molecule has 3 rings (SSSR count). The molecule has 0 aliphatic carbocycles. The van der Waals surface area contributed by atoms with Gasteiger partial charge in [0.05, 0.1) is 6.54 Å². The van der Waals surface area contributed by atoms with Crippen LogP contribution in [0.2, 0.25) is 5.02 Å². The number of rotatable bonds is 3. The first-order valence-electron chi connectivity index (χ1n) is 7.55. The Bertz CT molecular complexity index is 544. The molecule has 0 saturated carbocycles. The Morgan fingerprint density at radius 3 is 2.95 bits per heavy atom. The first-order valence-corrected chi connectivity index (χ1v) is 7.93. The van der Waals surface area contributed by atoms with Gasteiger partial charge in [-0.3, -0.25) is 9.69 Å². The number of nitrogens with one attached hydrogen (secondary N) is 2. The minimum Gasteiger partial charge on any atom is -0.325 e. The fourth-order valence-corrected chi connectivity index (χ4v) is 3.56. The molecular weight excluding hydrogens is 321 g/mol. The molecule has 2 fully saturated rings. The number of aryl methyl sites for hydroxylation is 1. The van der Waals surface area contributed by atoms with Gasteiger partial charge < -0.3 is 10.6 Å². The minimum absolute atomic E-state index is 0. The van der Waals surface area contributed by atoms with Crippen molar-refractivity contribution in [2.75, 3.05) is 38.0 Å². The third kappa shape index (κ3) is 3.93. The molecule has 1 aromatic carbocycles. The number of amides is 1. The Kier molecular flexibility index (Phi) is 5.72. The lowest BCUT2D eigenvalue weighted by Gasteiger charge is -2.22. The van der Waals surface area contributed by atoms with E-state index in [9.17, 15) is 4.79 Å². The topological polar surface area (TPSA) is 44.4 Å². The first kappa shape index (κ1) is 17.5. The number of carbonyl (C=O) groups excluding carboxylic acids is 1. The maximum absolute atomic E-state index is 12.2. The van der Waals surface area contributed by atoms with Crippen LogP contribution in [0, 0.1) is 12.3 Å². The molecule has 1 atom stereocenters. The first-order chi connectivity index (χ1) is 10.1. The van der Waals surface area contributed by atoms with E-state index >= 15 is 0 Å². The third-order valence-electron chi connectivity index (χ3n) is 4.67. The average Bonchev–Trinajstić information content (AvgIpc) is 3.05. The summed E-state index contributed by atoms with van der Waals surface area (Å²) < 4.78 is 0. The van der Waals surface area contributed by atoms with Gasteiger partial charge in [0.25, 0.3) is 0 Å². The highest BCUT2D eigenvalue weighted by atomic mass is 35.5. The predicted molar refractivity (Wildman–Crippen MR) is 93.0 cm³/mol. The van der Waals surface area contributed by atoms with Gasteiger partial charge in [-0.2, -0.15) is 0 Å². The van der Waals surface area contributed by atoms with Crippen LogP contribution in [0.15, 0.2) is 18.2 Å². The molecule has 0 aromatic heterocycles. The molecule has 122 valence electrons. The van der Waals surface area contributed by atoms with Gasteiger partial charge in [-0.25, -0.2) is 0 Å². The molecule has 0 bridgehead atoms. The number of nitrogens with zero attached hydrogens (tertiary/aromatic N) is 1. The fraction of sp³-hybridized carbons (Fsp3) is 0.562. The van der Waals surface area contributed by atoms with Crippen molar-refractivity contribution < 1.29 is 4.79 Å². The summed E-state index contributed by atoms with van der Waals surface area (Å²) in [5, 5.41) is 7.06. The average molecular weight is 344 g/mol. The molecule has 2 N–H and O–H groups in total. The van der Waals surface area contributed by atoms with Gasteiger partial charge >= 0.3 is 0 Å². The highest BCUT2D eigenvalue weighted by Crippen LogP contribution is 2.35. The van der Waals surface area contributed by atoms with Gasteiger partial charge in [0.15, 0.2) is 0 Å². The molecule has 1 amide bonds. The summed E-state index contributed by atoms with van der Waals surface area (Å²) in [5.74, 6) is 0.0397. The van der Waals surface area contributed by atoms with E-state index in [1.165, 1.54) is 12.8 Å². The van der Waals surface area contributed by atoms with E-state index in [0.717, 1.165) is 37.4 Å². The van der Waals surface area contributed by atoms with Crippen LogP contribution in [0.1, 0.15) is 18.4 Å². The quantitative estimate of drug-likeness (QED) is 0.886. The number of carbonyl (C=O) groups is 1. The van der Waals surface area contributed by atoms with Crippen LogP contribution in [0.3, 0.4) is 0 Å². The second-order valence-corrected chi connectivity index (χ2v) is 6.81. The summed E-state index contributed by atoms with van der Waals surface area (Å²) in [7, 11) is 0. The van der Waals surface area contributed by atoms with Gasteiger partial charge in [0.2, 0.25) is 5.91 Å². The van der Waals surface area contributed by atoms with Gasteiger partial charge in [0, 0.05) is 23.8 Å². The maximum atomic E-state index is 12.2. The second-order valence-electron chi connectivity index (χ2n) is 6.40. The molecule has 22 heavy (non-hydrogen) atoms. The molecule has 1 unspecified atom stereocenters. The van der Waals surface area contributed by atoms with Gasteiger partial charge in [-0.1, -0.05) is 17.7 Å². The van der Waals surface area contributed by atoms with E-state index < -0.39 is 0 Å². The molecule has 2 aliphatic heterocycles. The molecule has 1 aromatic rings. The van der Waals surface area contributed by atoms with Gasteiger partial charge in [-0.05, 0) is 56.0 Å². The largest absolute Gasteiger partial charge is 0.325 e. The lowest BCUT2D eigenvalue weighted by Crippen LogP contribution is -2.34. The third-order valence-corrected chi connectivity index (χ3v) is 5.08. The number of anilines is 1. The lowest BCUT2D eigenvalue weighted by molar-refractivity contribution is -0.117. The molecule has 4 nitrogen and oxygen atoms in total. The van der Waals surface area contributed by atoms with Crippen molar-refractivity contribution in [1.82, 2.24) is 10.2 Å². The predicted octanol–water partition coefficient (Wildman–Crippen LogP) is 2.69. The van der Waals surface area contributed by atoms with Crippen LogP contribution in [-0.2, 0) is 4.79 Å². The van der Waals surface area contributed by atoms with E-state index in [1.54, 1.807) is 6.07 Å². The summed E-state index contributed by atoms with van der Waals surface area (Å²) in [4.78, 5) is 14.4. The normalized spacial score (nSPS) is 24.5. The molecular formula is C16H23Cl2N3O. The van der Waals surface area contributed by atoms with Crippen molar-refractivity contribution >= 4 is 35.6 Å². The SMILES string of the molecule is Cc1ccc(NC(=O)CN2CCC3(CCNC3)C2)cc1Cl.Cl. The number of likely N-dealkylation sites (tertiary alicyclic amines) is 1. The summed E-state index contributed by atoms with van der Waals surface area (Å²) in [6.45, 7) is 6.67. The molecule has 6 heteroatoms. The van der Waals surface area contributed by atoms with Crippen LogP contribution in [-0.4, -0.2) is 43.5 Å². The maximum Gasteiger partial charge on any atom is 0.238 e. The van der Waals surface area contributed by atoms with Gasteiger partial charge in [0.1, 0.15) is 0 Å². The van der Waals surface area contributed by atoms with Crippen molar-refractivity contribution in [3.8, 4) is 0 Å². The Labute approximate surface area is 143 Å². The summed E-state index contributed by atoms with van der Waals surface area (Å²) >= 11 is 6.08. The smallest absolute Gasteiger partial charge is 0.238 e. The van der Waals surface area contributed by atoms with E-state index in [2.05, 4.69) is 15.5 Å². The minimum atomic E-state index is 0. The Morgan fingerprint density at radius 2 is 2.27 bits per heavy atom. The number of halogens is 2. The summed E-state index contributed by atoms with van der Waals surface area (Å²) in [6, 6.07) is 5.62. The van der Waals surface area contributed by atoms with Crippen LogP contribution >= 0.6 is 24.0 Å². The van der Waals surface area contributed by atoms with Crippen LogP contribution in [0.4, 0.5) is 5.69 Å². The number of hydrogen-bond donors (Lipinski definition) is 2. The van der Waals surface area contributed by atoms with Crippen molar-refractivity contribution in [3.63, 3.8) is 0 Å². The van der Waals surface area contributed by atoms with Crippen LogP contribution < -0.4 is 10.6 Å². The Morgan fingerprint density at radius 1 is 1.45 bits per heavy atom. The van der Waals surface area contributed by atoms with Crippen LogP contribution in [0.5, 0.6) is 0 Å². The summed E-state index contributed by atoms with van der Waals surface area (Å²) in [6.07, 6.45) is 2.43. The molecule has 0 radical (unpaired) electrons. The van der Waals surface area contributed by atoms with Gasteiger partial charge in [-0.15, -0.1) is 12.4 Å². The summed E-state index contributed by atoms with van der Waals surface area (Å²) in [5.41, 5.74) is 2.20. The second kappa shape index (κ2) is 7.18. The Balaban J connectivity index is 0.00000176. The van der Waals surface area contributed by atoms with Crippen molar-refractivity contribution in [2.45, 2.75) is 19.8 Å². The highest BCUT2D eigenvalue weighted by molar-refractivity contribution is 6.31. The molecule has 2 aliphatic rings. The monoisotopic (exact) mass is 343 g/mol. The zero-order valence-corrected chi connectivity index (χ0v) is 14.4. The lowest BCUT2D eigenvalue weighted by atomic mass is 9.87. The standard InChI is InChI=1S/C16H22ClN3O.ClH/c1-12-2-3-13(8-14(12)17)19-15(21)9-20-7-5-16(11-20)4-6-18-10-16;/h2-3,8,18H,4-7,9-11H2,1H3,(H,19,21);1H. The zero-order valence-electron chi connectivity index (χ0n) is 12.8. The molecule has 2 heterocycles. The molecule has 2 saturated heterocycles. The van der Waals surface area contributed by atoms with E-state index in [4.69, 9.17) is 11.6 Å². The number of hydrogen-bond acceptors (Lipinski definition) is 3. The van der Waals surface area contributed by atoms with Crippen molar-refractivity contribution in [1.29, 1.82) is 0 Å². The number of benzene rings is 1. The van der Waals surface area contributed by atoms with Crippen molar-refractivity contribution in [3.05, 3.63) is 28.8 Å². The van der Waals surface area contributed by atoms with Crippen LogP contribution in [0.25, 0.3) is 0 Å². The molecule has 1 spiro atoms. The van der Waals surface area contributed by atoms with E-state index in [0.29, 0.717) is 17.0 Å². The van der Waals surface area contributed by atoms with E-state index in [1.807, 2.05) is 19.1 Å².